The highest BCUT2D eigenvalue weighted by atomic mass is 32.2. The molecule has 1 aromatic carbocycles. The third-order valence-electron chi connectivity index (χ3n) is 1.85. The lowest BCUT2D eigenvalue weighted by molar-refractivity contribution is -0.137. The van der Waals surface area contributed by atoms with Crippen LogP contribution >= 0.6 is 11.8 Å². The van der Waals surface area contributed by atoms with E-state index in [2.05, 4.69) is 5.32 Å². The second kappa shape index (κ2) is 6.70. The van der Waals surface area contributed by atoms with Crippen LogP contribution in [0.25, 0.3) is 0 Å². The Morgan fingerprint density at radius 1 is 1.18 bits per heavy atom. The van der Waals surface area contributed by atoms with Crippen molar-refractivity contribution < 1.29 is 14.4 Å². The predicted molar refractivity (Wildman–Crippen MR) is 65.4 cm³/mol. The fraction of sp³-hybridized carbons (Fsp3) is 0.182. The minimum atomic E-state index is -1.02. The number of amides is 2. The van der Waals surface area contributed by atoms with Crippen molar-refractivity contribution in [1.29, 1.82) is 0 Å². The van der Waals surface area contributed by atoms with Crippen LogP contribution in [0.4, 0.5) is 0 Å². The summed E-state index contributed by atoms with van der Waals surface area (Å²) in [7, 11) is 0. The van der Waals surface area contributed by atoms with E-state index in [1.807, 2.05) is 6.07 Å². The first-order chi connectivity index (χ1) is 8.11. The van der Waals surface area contributed by atoms with Crippen LogP contribution in [-0.2, 0) is 9.59 Å². The lowest BCUT2D eigenvalue weighted by Gasteiger charge is -2.02. The molecule has 0 aromatic heterocycles. The Kier molecular flexibility index (Phi) is 5.22. The van der Waals surface area contributed by atoms with Crippen LogP contribution < -0.4 is 11.1 Å². The fourth-order valence-corrected chi connectivity index (χ4v) is 1.75. The molecule has 0 aliphatic heterocycles. The molecule has 17 heavy (non-hydrogen) atoms. The summed E-state index contributed by atoms with van der Waals surface area (Å²) in [6, 6.07) is 8.83. The van der Waals surface area contributed by atoms with Gasteiger partial charge < -0.3 is 11.1 Å². The van der Waals surface area contributed by atoms with Gasteiger partial charge in [-0.3, -0.25) is 14.4 Å². The zero-order chi connectivity index (χ0) is 12.7. The molecule has 0 fully saturated rings. The third-order valence-corrected chi connectivity index (χ3v) is 2.76. The quantitative estimate of drug-likeness (QED) is 0.590. The smallest absolute Gasteiger partial charge is 0.309 e. The Morgan fingerprint density at radius 2 is 1.82 bits per heavy atom. The normalized spacial score (nSPS) is 9.65. The highest BCUT2D eigenvalue weighted by Gasteiger charge is 2.08. The van der Waals surface area contributed by atoms with Gasteiger partial charge in [0.15, 0.2) is 0 Å². The number of thioether (sulfide) groups is 1. The summed E-state index contributed by atoms with van der Waals surface area (Å²) in [4.78, 5) is 32.7. The topological polar surface area (TPSA) is 89.3 Å². The Bertz CT molecular complexity index is 420. The number of benzene rings is 1. The van der Waals surface area contributed by atoms with Gasteiger partial charge in [0.25, 0.3) is 0 Å². The van der Waals surface area contributed by atoms with Gasteiger partial charge in [-0.25, -0.2) is 0 Å². The second-order valence-corrected chi connectivity index (χ2v) is 4.19. The highest BCUT2D eigenvalue weighted by molar-refractivity contribution is 8.14. The summed E-state index contributed by atoms with van der Waals surface area (Å²) in [6.07, 6.45) is 0. The SMILES string of the molecule is NC(=O)C(=O)NCCSC(=O)c1ccccc1. The molecular weight excluding hydrogens is 240 g/mol. The number of carbonyl (C=O) groups is 3. The number of nitrogens with two attached hydrogens (primary N) is 1. The number of rotatable bonds is 4. The summed E-state index contributed by atoms with van der Waals surface area (Å²) < 4.78 is 0. The molecule has 0 aliphatic carbocycles. The van der Waals surface area contributed by atoms with Gasteiger partial charge >= 0.3 is 11.8 Å². The summed E-state index contributed by atoms with van der Waals surface area (Å²) >= 11 is 1.08. The predicted octanol–water partition coefficient (Wildman–Crippen LogP) is 0.162. The Balaban J connectivity index is 2.26. The molecule has 90 valence electrons. The molecule has 0 radical (unpaired) electrons. The van der Waals surface area contributed by atoms with Gasteiger partial charge in [0.2, 0.25) is 5.12 Å². The van der Waals surface area contributed by atoms with E-state index in [0.717, 1.165) is 11.8 Å². The van der Waals surface area contributed by atoms with Crippen molar-refractivity contribution in [2.24, 2.45) is 5.73 Å². The van der Waals surface area contributed by atoms with Crippen molar-refractivity contribution in [2.45, 2.75) is 0 Å². The van der Waals surface area contributed by atoms with E-state index in [9.17, 15) is 14.4 Å². The Morgan fingerprint density at radius 3 is 2.41 bits per heavy atom. The Labute approximate surface area is 103 Å². The third kappa shape index (κ3) is 4.69. The van der Waals surface area contributed by atoms with Gasteiger partial charge in [0.1, 0.15) is 0 Å². The van der Waals surface area contributed by atoms with Crippen LogP contribution in [0, 0.1) is 0 Å². The number of carbonyl (C=O) groups excluding carboxylic acids is 3. The molecule has 5 nitrogen and oxygen atoms in total. The summed E-state index contributed by atoms with van der Waals surface area (Å²) in [5, 5.41) is 2.23. The van der Waals surface area contributed by atoms with Crippen molar-refractivity contribution in [3.63, 3.8) is 0 Å². The van der Waals surface area contributed by atoms with E-state index in [1.54, 1.807) is 24.3 Å². The molecule has 0 atom stereocenters. The molecule has 1 aromatic rings. The van der Waals surface area contributed by atoms with E-state index >= 15 is 0 Å². The first kappa shape index (κ1) is 13.2. The van der Waals surface area contributed by atoms with Gasteiger partial charge in [-0.2, -0.15) is 0 Å². The second-order valence-electron chi connectivity index (χ2n) is 3.12. The van der Waals surface area contributed by atoms with Crippen molar-refractivity contribution in [3.8, 4) is 0 Å². The average molecular weight is 252 g/mol. The van der Waals surface area contributed by atoms with Crippen molar-refractivity contribution in [1.82, 2.24) is 5.32 Å². The molecule has 0 heterocycles. The van der Waals surface area contributed by atoms with E-state index in [1.165, 1.54) is 0 Å². The van der Waals surface area contributed by atoms with E-state index in [4.69, 9.17) is 5.73 Å². The lowest BCUT2D eigenvalue weighted by atomic mass is 10.2. The molecule has 0 aliphatic rings. The van der Waals surface area contributed by atoms with Gasteiger partial charge in [-0.05, 0) is 0 Å². The molecule has 0 saturated carbocycles. The number of hydrogen-bond acceptors (Lipinski definition) is 4. The number of hydrogen-bond donors (Lipinski definition) is 2. The van der Waals surface area contributed by atoms with E-state index in [-0.39, 0.29) is 11.7 Å². The monoisotopic (exact) mass is 252 g/mol. The van der Waals surface area contributed by atoms with Crippen LogP contribution in [0.3, 0.4) is 0 Å². The van der Waals surface area contributed by atoms with Crippen molar-refractivity contribution in [2.75, 3.05) is 12.3 Å². The van der Waals surface area contributed by atoms with Gasteiger partial charge in [-0.15, -0.1) is 0 Å². The molecule has 0 spiro atoms. The number of primary amides is 1. The highest BCUT2D eigenvalue weighted by Crippen LogP contribution is 2.10. The Hall–Kier alpha value is -1.82. The minimum Gasteiger partial charge on any atom is -0.361 e. The maximum Gasteiger partial charge on any atom is 0.309 e. The van der Waals surface area contributed by atoms with Crippen LogP contribution in [0.2, 0.25) is 0 Å². The zero-order valence-electron chi connectivity index (χ0n) is 9.01. The zero-order valence-corrected chi connectivity index (χ0v) is 9.83. The largest absolute Gasteiger partial charge is 0.361 e. The molecular formula is C11H12N2O3S. The first-order valence-corrected chi connectivity index (χ1v) is 5.89. The molecule has 2 amide bonds. The molecule has 0 bridgehead atoms. The van der Waals surface area contributed by atoms with Crippen molar-refractivity contribution >= 4 is 28.7 Å². The molecule has 6 heteroatoms. The van der Waals surface area contributed by atoms with Crippen molar-refractivity contribution in [3.05, 3.63) is 35.9 Å². The lowest BCUT2D eigenvalue weighted by Crippen LogP contribution is -2.37. The van der Waals surface area contributed by atoms with Crippen LogP contribution in [0.15, 0.2) is 30.3 Å². The van der Waals surface area contributed by atoms with Crippen LogP contribution in [-0.4, -0.2) is 29.2 Å². The molecule has 0 unspecified atom stereocenters. The standard InChI is InChI=1S/C11H12N2O3S/c12-9(14)10(15)13-6-7-17-11(16)8-4-2-1-3-5-8/h1-5H,6-7H2,(H2,12,14)(H,13,15). The fourth-order valence-electron chi connectivity index (χ4n) is 1.05. The summed E-state index contributed by atoms with van der Waals surface area (Å²) in [5.41, 5.74) is 5.35. The van der Waals surface area contributed by atoms with Gasteiger partial charge in [0, 0.05) is 17.9 Å². The first-order valence-electron chi connectivity index (χ1n) is 4.91. The number of nitrogens with one attached hydrogen (secondary N) is 1. The summed E-state index contributed by atoms with van der Waals surface area (Å²) in [5.74, 6) is -1.46. The van der Waals surface area contributed by atoms with E-state index < -0.39 is 11.8 Å². The maximum atomic E-state index is 11.6. The van der Waals surface area contributed by atoms with Gasteiger partial charge in [-0.1, -0.05) is 42.1 Å². The minimum absolute atomic E-state index is 0.0704. The molecule has 0 saturated heterocycles. The van der Waals surface area contributed by atoms with Gasteiger partial charge in [0.05, 0.1) is 0 Å². The van der Waals surface area contributed by atoms with E-state index in [0.29, 0.717) is 11.3 Å². The molecule has 3 N–H and O–H groups in total. The maximum absolute atomic E-state index is 11.6. The van der Waals surface area contributed by atoms with Crippen LogP contribution in [0.1, 0.15) is 10.4 Å². The summed E-state index contributed by atoms with van der Waals surface area (Å²) in [6.45, 7) is 0.227. The average Bonchev–Trinajstić information content (AvgIpc) is 2.35. The van der Waals surface area contributed by atoms with Crippen LogP contribution in [0.5, 0.6) is 0 Å². The molecule has 1 rings (SSSR count).